The molecule has 1 spiro atoms. The van der Waals surface area contributed by atoms with Crippen molar-refractivity contribution >= 4 is 5.91 Å². The first-order chi connectivity index (χ1) is 10.1. The predicted octanol–water partition coefficient (Wildman–Crippen LogP) is -0.155. The van der Waals surface area contributed by atoms with Gasteiger partial charge in [0.25, 0.3) is 5.91 Å². The molecule has 7 nitrogen and oxygen atoms in total. The Balaban J connectivity index is 1.50. The van der Waals surface area contributed by atoms with Gasteiger partial charge in [-0.3, -0.25) is 9.48 Å². The smallest absolute Gasteiger partial charge is 0.258 e. The van der Waals surface area contributed by atoms with E-state index < -0.39 is 0 Å². The van der Waals surface area contributed by atoms with Crippen molar-refractivity contribution in [2.75, 3.05) is 19.8 Å². The van der Waals surface area contributed by atoms with Gasteiger partial charge in [0.05, 0.1) is 18.5 Å². The zero-order chi connectivity index (χ0) is 14.9. The molecule has 1 amide bonds. The van der Waals surface area contributed by atoms with Crippen LogP contribution in [0.1, 0.15) is 19.3 Å². The Bertz CT molecular complexity index is 510. The van der Waals surface area contributed by atoms with Crippen LogP contribution in [0.4, 0.5) is 0 Å². The Kier molecular flexibility index (Phi) is 3.86. The summed E-state index contributed by atoms with van der Waals surface area (Å²) in [7, 11) is 1.79. The van der Waals surface area contributed by atoms with Gasteiger partial charge >= 0.3 is 0 Å². The van der Waals surface area contributed by atoms with Crippen molar-refractivity contribution in [3.63, 3.8) is 0 Å². The maximum Gasteiger partial charge on any atom is 0.258 e. The van der Waals surface area contributed by atoms with Crippen LogP contribution in [0.2, 0.25) is 0 Å². The summed E-state index contributed by atoms with van der Waals surface area (Å²) in [5, 5.41) is 17.0. The number of carbonyl (C=O) groups is 1. The highest BCUT2D eigenvalue weighted by Gasteiger charge is 2.55. The summed E-state index contributed by atoms with van der Waals surface area (Å²) in [6.07, 6.45) is 5.13. The topological polar surface area (TPSA) is 85.6 Å². The summed E-state index contributed by atoms with van der Waals surface area (Å²) in [4.78, 5) is 12.0. The number of aryl methyl sites for hydroxylation is 1. The van der Waals surface area contributed by atoms with Gasteiger partial charge < -0.3 is 19.9 Å². The average Bonchev–Trinajstić information content (AvgIpc) is 2.91. The van der Waals surface area contributed by atoms with Crippen molar-refractivity contribution in [2.45, 2.75) is 31.4 Å². The molecule has 1 aromatic rings. The lowest BCUT2D eigenvalue weighted by molar-refractivity contribution is -0.156. The first-order valence-corrected chi connectivity index (χ1v) is 7.27. The number of carbonyl (C=O) groups excluding carboxylic acids is 1. The molecule has 2 fully saturated rings. The summed E-state index contributed by atoms with van der Waals surface area (Å²) in [5.74, 6) is 0.406. The summed E-state index contributed by atoms with van der Waals surface area (Å²) in [6.45, 7) is 1.26. The molecule has 0 aromatic carbocycles. The molecule has 1 aliphatic heterocycles. The van der Waals surface area contributed by atoms with E-state index in [1.54, 1.807) is 24.1 Å². The van der Waals surface area contributed by atoms with Crippen LogP contribution < -0.4 is 10.1 Å². The van der Waals surface area contributed by atoms with Crippen molar-refractivity contribution in [3.05, 3.63) is 12.4 Å². The molecule has 116 valence electrons. The zero-order valence-electron chi connectivity index (χ0n) is 12.1. The Morgan fingerprint density at radius 2 is 2.38 bits per heavy atom. The number of amides is 1. The minimum atomic E-state index is -0.342. The van der Waals surface area contributed by atoms with E-state index in [0.717, 1.165) is 12.8 Å². The van der Waals surface area contributed by atoms with Crippen LogP contribution >= 0.6 is 0 Å². The highest BCUT2D eigenvalue weighted by molar-refractivity contribution is 5.78. The summed E-state index contributed by atoms with van der Waals surface area (Å²) in [6, 6.07) is 0.0152. The molecule has 1 saturated heterocycles. The van der Waals surface area contributed by atoms with Crippen molar-refractivity contribution in [1.82, 2.24) is 15.1 Å². The first-order valence-electron chi connectivity index (χ1n) is 7.27. The van der Waals surface area contributed by atoms with E-state index in [9.17, 15) is 9.90 Å². The molecule has 3 rings (SSSR count). The Hall–Kier alpha value is -1.60. The van der Waals surface area contributed by atoms with Crippen LogP contribution in [0, 0.1) is 5.41 Å². The Morgan fingerprint density at radius 3 is 3.00 bits per heavy atom. The molecule has 0 radical (unpaired) electrons. The molecule has 1 aromatic heterocycles. The quantitative estimate of drug-likeness (QED) is 0.806. The lowest BCUT2D eigenvalue weighted by Crippen LogP contribution is -2.66. The van der Waals surface area contributed by atoms with Crippen LogP contribution in [0.5, 0.6) is 5.75 Å². The molecule has 7 heteroatoms. The fraction of sp³-hybridized carbons (Fsp3) is 0.714. The van der Waals surface area contributed by atoms with Crippen molar-refractivity contribution in [3.8, 4) is 5.75 Å². The number of aromatic nitrogens is 2. The molecule has 2 N–H and O–H groups in total. The van der Waals surface area contributed by atoms with Crippen LogP contribution in [0.15, 0.2) is 12.4 Å². The number of aliphatic hydroxyl groups is 1. The van der Waals surface area contributed by atoms with E-state index >= 15 is 0 Å². The summed E-state index contributed by atoms with van der Waals surface area (Å²) < 4.78 is 12.3. The average molecular weight is 295 g/mol. The lowest BCUT2D eigenvalue weighted by atomic mass is 9.58. The van der Waals surface area contributed by atoms with E-state index in [-0.39, 0.29) is 30.1 Å². The van der Waals surface area contributed by atoms with Crippen molar-refractivity contribution in [2.24, 2.45) is 12.5 Å². The molecule has 0 bridgehead atoms. The standard InChI is InChI=1S/C14H21N3O4/c1-17-8-10(7-15-17)21-9-13(19)16-11-6-12(18)14(11)2-4-20-5-3-14/h7-8,11-12,18H,2-6,9H2,1H3,(H,16,19)/t11-,12-/m1/s1. The normalized spacial score (nSPS) is 27.1. The van der Waals surface area contributed by atoms with Gasteiger partial charge in [-0.25, -0.2) is 0 Å². The number of rotatable bonds is 4. The lowest BCUT2D eigenvalue weighted by Gasteiger charge is -2.55. The predicted molar refractivity (Wildman–Crippen MR) is 73.7 cm³/mol. The highest BCUT2D eigenvalue weighted by atomic mass is 16.5. The maximum absolute atomic E-state index is 12.0. The van der Waals surface area contributed by atoms with Crippen molar-refractivity contribution < 1.29 is 19.4 Å². The van der Waals surface area contributed by atoms with Gasteiger partial charge in [0, 0.05) is 31.7 Å². The number of nitrogens with zero attached hydrogens (tertiary/aromatic N) is 2. The molecular formula is C14H21N3O4. The molecule has 21 heavy (non-hydrogen) atoms. The second kappa shape index (κ2) is 5.65. The third-order valence-electron chi connectivity index (χ3n) is 4.63. The fourth-order valence-electron chi connectivity index (χ4n) is 3.26. The number of hydrogen-bond donors (Lipinski definition) is 2. The second-order valence-electron chi connectivity index (χ2n) is 5.86. The molecular weight excluding hydrogens is 274 g/mol. The van der Waals surface area contributed by atoms with Crippen molar-refractivity contribution in [1.29, 1.82) is 0 Å². The largest absolute Gasteiger partial charge is 0.480 e. The van der Waals surface area contributed by atoms with Gasteiger partial charge in [0.1, 0.15) is 0 Å². The van der Waals surface area contributed by atoms with E-state index in [1.807, 2.05) is 0 Å². The molecule has 2 atom stereocenters. The summed E-state index contributed by atoms with van der Waals surface area (Å²) >= 11 is 0. The van der Waals surface area contributed by atoms with Gasteiger partial charge in [-0.1, -0.05) is 0 Å². The number of nitrogens with one attached hydrogen (secondary N) is 1. The van der Waals surface area contributed by atoms with Crippen LogP contribution in [-0.4, -0.2) is 52.8 Å². The first kappa shape index (κ1) is 14.3. The Labute approximate surface area is 123 Å². The van der Waals surface area contributed by atoms with Gasteiger partial charge in [-0.15, -0.1) is 0 Å². The molecule has 1 saturated carbocycles. The highest BCUT2D eigenvalue weighted by Crippen LogP contribution is 2.48. The van der Waals surface area contributed by atoms with Gasteiger partial charge in [0.2, 0.25) is 0 Å². The van der Waals surface area contributed by atoms with Crippen LogP contribution in [0.3, 0.4) is 0 Å². The third kappa shape index (κ3) is 2.75. The molecule has 2 heterocycles. The number of hydrogen-bond acceptors (Lipinski definition) is 5. The minimum absolute atomic E-state index is 0.0152. The van der Waals surface area contributed by atoms with Gasteiger partial charge in [-0.2, -0.15) is 5.10 Å². The minimum Gasteiger partial charge on any atom is -0.480 e. The van der Waals surface area contributed by atoms with E-state index in [0.29, 0.717) is 25.4 Å². The Morgan fingerprint density at radius 1 is 1.62 bits per heavy atom. The van der Waals surface area contributed by atoms with Crippen LogP contribution in [-0.2, 0) is 16.6 Å². The van der Waals surface area contributed by atoms with E-state index in [4.69, 9.17) is 9.47 Å². The SMILES string of the molecule is Cn1cc(OCC(=O)N[C@@H]2C[C@@H](O)C23CCOCC3)cn1. The van der Waals surface area contributed by atoms with E-state index in [1.165, 1.54) is 0 Å². The second-order valence-corrected chi connectivity index (χ2v) is 5.86. The van der Waals surface area contributed by atoms with E-state index in [2.05, 4.69) is 10.4 Å². The molecule has 2 aliphatic rings. The monoisotopic (exact) mass is 295 g/mol. The number of aliphatic hydroxyl groups excluding tert-OH is 1. The molecule has 1 aliphatic carbocycles. The fourth-order valence-corrected chi connectivity index (χ4v) is 3.26. The zero-order valence-corrected chi connectivity index (χ0v) is 12.1. The summed E-state index contributed by atoms with van der Waals surface area (Å²) in [5.41, 5.74) is -0.206. The van der Waals surface area contributed by atoms with Gasteiger partial charge in [-0.05, 0) is 19.3 Å². The van der Waals surface area contributed by atoms with Gasteiger partial charge in [0.15, 0.2) is 12.4 Å². The maximum atomic E-state index is 12.0. The molecule has 0 unspecified atom stereocenters. The third-order valence-corrected chi connectivity index (χ3v) is 4.63. The number of ether oxygens (including phenoxy) is 2. The van der Waals surface area contributed by atoms with Crippen LogP contribution in [0.25, 0.3) is 0 Å².